The molecule has 2 aliphatic heterocycles. The highest BCUT2D eigenvalue weighted by Gasteiger charge is 2.49. The lowest BCUT2D eigenvalue weighted by atomic mass is 10.0. The second kappa shape index (κ2) is 6.68. The molecular formula is C13H19F4N5O. The average molecular weight is 337 g/mol. The number of hydrogen-bond acceptors (Lipinski definition) is 5. The van der Waals surface area contributed by atoms with Crippen LogP contribution in [0.1, 0.15) is 25.1 Å². The van der Waals surface area contributed by atoms with Crippen LogP contribution in [0.5, 0.6) is 0 Å². The molecule has 3 heterocycles. The van der Waals surface area contributed by atoms with E-state index in [0.717, 1.165) is 17.7 Å². The number of nitrogens with zero attached hydrogens (tertiary/aromatic N) is 5. The lowest BCUT2D eigenvalue weighted by Crippen LogP contribution is -2.41. The smallest absolute Gasteiger partial charge is 0.381 e. The topological polar surface area (TPSA) is 56.1 Å². The summed E-state index contributed by atoms with van der Waals surface area (Å²) >= 11 is 0. The van der Waals surface area contributed by atoms with E-state index in [2.05, 4.69) is 15.5 Å². The summed E-state index contributed by atoms with van der Waals surface area (Å²) in [4.78, 5) is 1.08. The van der Waals surface area contributed by atoms with Crippen molar-refractivity contribution < 1.29 is 22.3 Å². The fourth-order valence-electron chi connectivity index (χ4n) is 3.20. The van der Waals surface area contributed by atoms with E-state index in [4.69, 9.17) is 4.74 Å². The summed E-state index contributed by atoms with van der Waals surface area (Å²) in [6.45, 7) is 1.56. The summed E-state index contributed by atoms with van der Waals surface area (Å²) in [7, 11) is 0. The third-order valence-corrected chi connectivity index (χ3v) is 4.45. The quantitative estimate of drug-likeness (QED) is 0.781. The number of tetrazole rings is 1. The van der Waals surface area contributed by atoms with E-state index in [1.807, 2.05) is 0 Å². The molecule has 1 aromatic rings. The van der Waals surface area contributed by atoms with Gasteiger partial charge in [0.1, 0.15) is 12.2 Å². The van der Waals surface area contributed by atoms with E-state index < -0.39 is 24.8 Å². The maximum absolute atomic E-state index is 13.4. The Kier molecular flexibility index (Phi) is 4.81. The minimum atomic E-state index is -4.44. The van der Waals surface area contributed by atoms with Crippen molar-refractivity contribution in [1.29, 1.82) is 0 Å². The fraction of sp³-hybridized carbons (Fsp3) is 0.923. The molecule has 0 N–H and O–H groups in total. The van der Waals surface area contributed by atoms with Crippen LogP contribution in [-0.4, -0.2) is 63.3 Å². The van der Waals surface area contributed by atoms with Crippen molar-refractivity contribution in [2.45, 2.75) is 50.7 Å². The molecule has 2 aliphatic rings. The summed E-state index contributed by atoms with van der Waals surface area (Å²) < 4.78 is 59.3. The number of hydrogen-bond donors (Lipinski definition) is 0. The number of alkyl halides is 4. The predicted octanol–water partition coefficient (Wildman–Crippen LogP) is 1.57. The second-order valence-electron chi connectivity index (χ2n) is 6.15. The van der Waals surface area contributed by atoms with Crippen LogP contribution in [0.4, 0.5) is 17.6 Å². The Hall–Kier alpha value is -1.29. The van der Waals surface area contributed by atoms with Crippen molar-refractivity contribution in [3.05, 3.63) is 5.82 Å². The highest BCUT2D eigenvalue weighted by molar-refractivity contribution is 4.93. The Morgan fingerprint density at radius 2 is 1.96 bits per heavy atom. The molecule has 2 saturated heterocycles. The molecule has 6 nitrogen and oxygen atoms in total. The number of ether oxygens (including phenoxy) is 1. The molecule has 0 saturated carbocycles. The Morgan fingerprint density at radius 1 is 1.22 bits per heavy atom. The van der Waals surface area contributed by atoms with Gasteiger partial charge in [-0.3, -0.25) is 4.90 Å². The first-order valence-electron chi connectivity index (χ1n) is 7.71. The van der Waals surface area contributed by atoms with Crippen LogP contribution >= 0.6 is 0 Å². The third-order valence-electron chi connectivity index (χ3n) is 4.45. The summed E-state index contributed by atoms with van der Waals surface area (Å²) in [5.41, 5.74) is 0. The number of likely N-dealkylation sites (tertiary alicyclic amines) is 1. The molecule has 10 heteroatoms. The number of aromatic nitrogens is 4. The molecular weight excluding hydrogens is 318 g/mol. The third kappa shape index (κ3) is 3.97. The molecule has 1 aromatic heterocycles. The zero-order chi connectivity index (χ0) is 16.4. The fourth-order valence-corrected chi connectivity index (χ4v) is 3.20. The van der Waals surface area contributed by atoms with Crippen molar-refractivity contribution in [1.82, 2.24) is 25.1 Å². The van der Waals surface area contributed by atoms with Gasteiger partial charge in [-0.25, -0.2) is 9.07 Å². The zero-order valence-corrected chi connectivity index (χ0v) is 12.5. The molecule has 23 heavy (non-hydrogen) atoms. The first-order chi connectivity index (χ1) is 10.9. The monoisotopic (exact) mass is 337 g/mol. The van der Waals surface area contributed by atoms with Gasteiger partial charge in [0.2, 0.25) is 0 Å². The number of halogens is 4. The van der Waals surface area contributed by atoms with Crippen molar-refractivity contribution in [2.24, 2.45) is 5.92 Å². The number of rotatable bonds is 4. The Labute approximate surface area is 130 Å². The Morgan fingerprint density at radius 3 is 2.65 bits per heavy atom. The minimum absolute atomic E-state index is 0.0964. The molecule has 0 radical (unpaired) electrons. The minimum Gasteiger partial charge on any atom is -0.381 e. The lowest BCUT2D eigenvalue weighted by Gasteiger charge is -2.26. The van der Waals surface area contributed by atoms with Crippen LogP contribution in [0.3, 0.4) is 0 Å². The molecule has 2 atom stereocenters. The zero-order valence-electron chi connectivity index (χ0n) is 12.5. The molecule has 0 spiro atoms. The van der Waals surface area contributed by atoms with Gasteiger partial charge in [-0.1, -0.05) is 0 Å². The van der Waals surface area contributed by atoms with Gasteiger partial charge < -0.3 is 4.74 Å². The van der Waals surface area contributed by atoms with E-state index in [-0.39, 0.29) is 13.1 Å². The van der Waals surface area contributed by atoms with Crippen LogP contribution in [0.2, 0.25) is 0 Å². The van der Waals surface area contributed by atoms with Gasteiger partial charge in [0.15, 0.2) is 5.82 Å². The van der Waals surface area contributed by atoms with Gasteiger partial charge >= 0.3 is 6.18 Å². The molecule has 3 rings (SSSR count). The predicted molar refractivity (Wildman–Crippen MR) is 71.1 cm³/mol. The lowest BCUT2D eigenvalue weighted by molar-refractivity contribution is -0.177. The van der Waals surface area contributed by atoms with Crippen molar-refractivity contribution in [3.63, 3.8) is 0 Å². The van der Waals surface area contributed by atoms with Crippen LogP contribution in [0.25, 0.3) is 0 Å². The molecule has 0 unspecified atom stereocenters. The van der Waals surface area contributed by atoms with Crippen LogP contribution < -0.4 is 0 Å². The Bertz CT molecular complexity index is 517. The van der Waals surface area contributed by atoms with Gasteiger partial charge in [-0.2, -0.15) is 13.2 Å². The van der Waals surface area contributed by atoms with E-state index in [9.17, 15) is 17.6 Å². The van der Waals surface area contributed by atoms with E-state index in [0.29, 0.717) is 31.5 Å². The largest absolute Gasteiger partial charge is 0.404 e. The molecule has 0 amide bonds. The van der Waals surface area contributed by atoms with Gasteiger partial charge in [-0.05, 0) is 29.2 Å². The Balaban J connectivity index is 1.67. The van der Waals surface area contributed by atoms with Crippen molar-refractivity contribution >= 4 is 0 Å². The normalized spacial score (nSPS) is 27.7. The highest BCUT2D eigenvalue weighted by atomic mass is 19.4. The van der Waals surface area contributed by atoms with Crippen molar-refractivity contribution in [2.75, 3.05) is 19.8 Å². The average Bonchev–Trinajstić information content (AvgIpc) is 3.07. The van der Waals surface area contributed by atoms with Gasteiger partial charge in [-0.15, -0.1) is 5.10 Å². The van der Waals surface area contributed by atoms with Crippen LogP contribution in [-0.2, 0) is 17.8 Å². The maximum atomic E-state index is 13.4. The SMILES string of the molecule is F[C@H]1C[C@H](C(F)(F)F)N(Cc2nnnn2CC2CCOCC2)C1. The maximum Gasteiger partial charge on any atom is 0.404 e. The summed E-state index contributed by atoms with van der Waals surface area (Å²) in [5.74, 6) is 0.691. The van der Waals surface area contributed by atoms with E-state index in [1.54, 1.807) is 0 Å². The second-order valence-corrected chi connectivity index (χ2v) is 6.15. The molecule has 0 aromatic carbocycles. The molecule has 0 aliphatic carbocycles. The van der Waals surface area contributed by atoms with Crippen molar-refractivity contribution in [3.8, 4) is 0 Å². The standard InChI is InChI=1S/C13H19F4N5O/c14-10-5-11(13(15,16)17)21(7-10)8-12-18-19-20-22(12)6-9-1-3-23-4-2-9/h9-11H,1-8H2/t10-,11+/m0/s1. The highest BCUT2D eigenvalue weighted by Crippen LogP contribution is 2.34. The first kappa shape index (κ1) is 16.6. The summed E-state index contributed by atoms with van der Waals surface area (Å²) in [6, 6.07) is -1.77. The summed E-state index contributed by atoms with van der Waals surface area (Å²) in [5, 5.41) is 11.3. The molecule has 2 fully saturated rings. The van der Waals surface area contributed by atoms with Gasteiger partial charge in [0.05, 0.1) is 6.54 Å². The molecule has 130 valence electrons. The van der Waals surface area contributed by atoms with E-state index in [1.165, 1.54) is 4.68 Å². The van der Waals surface area contributed by atoms with Gasteiger partial charge in [0.25, 0.3) is 0 Å². The van der Waals surface area contributed by atoms with Crippen LogP contribution in [0.15, 0.2) is 0 Å². The first-order valence-corrected chi connectivity index (χ1v) is 7.71. The summed E-state index contributed by atoms with van der Waals surface area (Å²) in [6.07, 6.45) is -4.69. The molecule has 0 bridgehead atoms. The van der Waals surface area contributed by atoms with Crippen LogP contribution in [0, 0.1) is 5.92 Å². The van der Waals surface area contributed by atoms with E-state index >= 15 is 0 Å². The van der Waals surface area contributed by atoms with Gasteiger partial charge in [0, 0.05) is 32.7 Å².